The van der Waals surface area contributed by atoms with Crippen LogP contribution in [0.3, 0.4) is 0 Å². The average Bonchev–Trinajstić information content (AvgIpc) is 2.85. The number of aromatic amines is 1. The SMILES string of the molecule is NS(=O)(=O)c1cc(Cl)c(NC(=O)c2cn[nH]c2)c(Cl)c1. The van der Waals surface area contributed by atoms with Crippen LogP contribution in [0, 0.1) is 0 Å². The van der Waals surface area contributed by atoms with Gasteiger partial charge < -0.3 is 5.32 Å². The van der Waals surface area contributed by atoms with Gasteiger partial charge in [0.05, 0.1) is 32.4 Å². The van der Waals surface area contributed by atoms with Crippen molar-refractivity contribution in [3.8, 4) is 0 Å². The molecule has 0 spiro atoms. The maximum absolute atomic E-state index is 11.8. The molecule has 2 aromatic rings. The van der Waals surface area contributed by atoms with E-state index in [2.05, 4.69) is 15.5 Å². The second-order valence-corrected chi connectivity index (χ2v) is 6.12. The number of nitrogens with zero attached hydrogens (tertiary/aromatic N) is 1. The number of H-pyrrole nitrogens is 1. The summed E-state index contributed by atoms with van der Waals surface area (Å²) < 4.78 is 22.4. The van der Waals surface area contributed by atoms with Crippen molar-refractivity contribution in [2.24, 2.45) is 5.14 Å². The molecule has 0 aliphatic heterocycles. The van der Waals surface area contributed by atoms with Crippen molar-refractivity contribution < 1.29 is 13.2 Å². The number of halogens is 2. The molecule has 0 bridgehead atoms. The van der Waals surface area contributed by atoms with Crippen LogP contribution in [-0.2, 0) is 10.0 Å². The van der Waals surface area contributed by atoms with E-state index in [-0.39, 0.29) is 26.2 Å². The Balaban J connectivity index is 2.37. The Morgan fingerprint density at radius 2 is 1.90 bits per heavy atom. The van der Waals surface area contributed by atoms with E-state index >= 15 is 0 Å². The van der Waals surface area contributed by atoms with Gasteiger partial charge in [0.2, 0.25) is 10.0 Å². The zero-order valence-corrected chi connectivity index (χ0v) is 12.1. The third-order valence-electron chi connectivity index (χ3n) is 2.34. The fourth-order valence-electron chi connectivity index (χ4n) is 1.39. The minimum absolute atomic E-state index is 0.0432. The highest BCUT2D eigenvalue weighted by atomic mass is 35.5. The van der Waals surface area contributed by atoms with Gasteiger partial charge in [0.1, 0.15) is 0 Å². The highest BCUT2D eigenvalue weighted by Crippen LogP contribution is 2.33. The molecule has 20 heavy (non-hydrogen) atoms. The Morgan fingerprint density at radius 1 is 1.30 bits per heavy atom. The van der Waals surface area contributed by atoms with E-state index in [0.717, 1.165) is 12.1 Å². The van der Waals surface area contributed by atoms with E-state index in [9.17, 15) is 13.2 Å². The van der Waals surface area contributed by atoms with Crippen molar-refractivity contribution in [3.05, 3.63) is 40.1 Å². The highest BCUT2D eigenvalue weighted by molar-refractivity contribution is 7.89. The number of hydrogen-bond acceptors (Lipinski definition) is 4. The molecule has 0 fully saturated rings. The van der Waals surface area contributed by atoms with Crippen LogP contribution in [0.1, 0.15) is 10.4 Å². The first-order chi connectivity index (χ1) is 9.29. The van der Waals surface area contributed by atoms with Crippen LogP contribution in [0.15, 0.2) is 29.4 Å². The van der Waals surface area contributed by atoms with Crippen LogP contribution in [0.25, 0.3) is 0 Å². The number of primary sulfonamides is 1. The van der Waals surface area contributed by atoms with Gasteiger partial charge in [-0.2, -0.15) is 5.10 Å². The number of amides is 1. The molecule has 0 aliphatic rings. The second kappa shape index (κ2) is 5.41. The van der Waals surface area contributed by atoms with Crippen LogP contribution >= 0.6 is 23.2 Å². The van der Waals surface area contributed by atoms with Crippen molar-refractivity contribution in [1.29, 1.82) is 0 Å². The lowest BCUT2D eigenvalue weighted by Gasteiger charge is -2.10. The first-order valence-electron chi connectivity index (χ1n) is 5.11. The molecule has 0 aliphatic carbocycles. The summed E-state index contributed by atoms with van der Waals surface area (Å²) in [5, 5.41) is 13.5. The lowest BCUT2D eigenvalue weighted by Crippen LogP contribution is -2.14. The summed E-state index contributed by atoms with van der Waals surface area (Å²) in [7, 11) is -3.93. The number of rotatable bonds is 3. The van der Waals surface area contributed by atoms with Gasteiger partial charge in [-0.3, -0.25) is 9.89 Å². The van der Waals surface area contributed by atoms with Gasteiger partial charge in [-0.15, -0.1) is 0 Å². The number of sulfonamides is 1. The molecule has 0 radical (unpaired) electrons. The Kier molecular flexibility index (Phi) is 4.00. The molecule has 1 aromatic heterocycles. The van der Waals surface area contributed by atoms with Crippen molar-refractivity contribution in [2.75, 3.05) is 5.32 Å². The maximum atomic E-state index is 11.8. The number of carbonyl (C=O) groups excluding carboxylic acids is 1. The maximum Gasteiger partial charge on any atom is 0.258 e. The molecule has 1 heterocycles. The monoisotopic (exact) mass is 334 g/mol. The molecular weight excluding hydrogens is 327 g/mol. The smallest absolute Gasteiger partial charge is 0.258 e. The van der Waals surface area contributed by atoms with E-state index in [0.29, 0.717) is 0 Å². The topological polar surface area (TPSA) is 118 Å². The number of aromatic nitrogens is 2. The molecule has 1 aromatic carbocycles. The molecule has 2 rings (SSSR count). The predicted molar refractivity (Wildman–Crippen MR) is 74.4 cm³/mol. The Labute approximate surface area is 124 Å². The standard InChI is InChI=1S/C10H8Cl2N4O3S/c11-7-1-6(20(13,18)19)2-8(12)9(7)16-10(17)5-3-14-15-4-5/h1-4H,(H,14,15)(H,16,17)(H2,13,18,19). The summed E-state index contributed by atoms with van der Waals surface area (Å²) in [4.78, 5) is 11.6. The number of hydrogen-bond donors (Lipinski definition) is 3. The molecule has 106 valence electrons. The molecule has 7 nitrogen and oxygen atoms in total. The van der Waals surface area contributed by atoms with E-state index in [1.807, 2.05) is 0 Å². The van der Waals surface area contributed by atoms with Crippen LogP contribution in [-0.4, -0.2) is 24.5 Å². The van der Waals surface area contributed by atoms with Crippen molar-refractivity contribution in [1.82, 2.24) is 10.2 Å². The second-order valence-electron chi connectivity index (χ2n) is 3.75. The zero-order chi connectivity index (χ0) is 14.9. The zero-order valence-electron chi connectivity index (χ0n) is 9.72. The Hall–Kier alpha value is -1.61. The van der Waals surface area contributed by atoms with Gasteiger partial charge in [-0.05, 0) is 12.1 Å². The largest absolute Gasteiger partial charge is 0.319 e. The van der Waals surface area contributed by atoms with Crippen LogP contribution < -0.4 is 10.5 Å². The predicted octanol–water partition coefficient (Wildman–Crippen LogP) is 1.62. The van der Waals surface area contributed by atoms with Crippen molar-refractivity contribution in [2.45, 2.75) is 4.90 Å². The first-order valence-corrected chi connectivity index (χ1v) is 7.41. The summed E-state index contributed by atoms with van der Waals surface area (Å²) in [5.74, 6) is -0.495. The van der Waals surface area contributed by atoms with Crippen LogP contribution in [0.4, 0.5) is 5.69 Å². The number of benzene rings is 1. The van der Waals surface area contributed by atoms with Gasteiger partial charge >= 0.3 is 0 Å². The minimum atomic E-state index is -3.93. The number of nitrogens with one attached hydrogen (secondary N) is 2. The number of nitrogens with two attached hydrogens (primary N) is 1. The van der Waals surface area contributed by atoms with Gasteiger partial charge in [0.25, 0.3) is 5.91 Å². The van der Waals surface area contributed by atoms with Crippen LogP contribution in [0.2, 0.25) is 10.0 Å². The van der Waals surface area contributed by atoms with Gasteiger partial charge in [-0.1, -0.05) is 23.2 Å². The lowest BCUT2D eigenvalue weighted by atomic mass is 10.3. The van der Waals surface area contributed by atoms with E-state index in [1.54, 1.807) is 0 Å². The summed E-state index contributed by atoms with van der Waals surface area (Å²) in [6.45, 7) is 0. The molecule has 0 saturated heterocycles. The molecule has 0 unspecified atom stereocenters. The summed E-state index contributed by atoms with van der Waals surface area (Å²) in [5.41, 5.74) is 0.361. The number of anilines is 1. The lowest BCUT2D eigenvalue weighted by molar-refractivity contribution is 0.102. The molecule has 10 heteroatoms. The first kappa shape index (κ1) is 14.8. The van der Waals surface area contributed by atoms with E-state index in [4.69, 9.17) is 28.3 Å². The van der Waals surface area contributed by atoms with Gasteiger partial charge in [-0.25, -0.2) is 13.6 Å². The Morgan fingerprint density at radius 3 is 2.35 bits per heavy atom. The quantitative estimate of drug-likeness (QED) is 0.790. The van der Waals surface area contributed by atoms with Crippen molar-refractivity contribution >= 4 is 44.8 Å². The Bertz CT molecular complexity index is 736. The number of carbonyl (C=O) groups is 1. The highest BCUT2D eigenvalue weighted by Gasteiger charge is 2.17. The van der Waals surface area contributed by atoms with Crippen LogP contribution in [0.5, 0.6) is 0 Å². The third-order valence-corrected chi connectivity index (χ3v) is 3.83. The van der Waals surface area contributed by atoms with E-state index in [1.165, 1.54) is 12.4 Å². The van der Waals surface area contributed by atoms with Gasteiger partial charge in [0.15, 0.2) is 0 Å². The fraction of sp³-hybridized carbons (Fsp3) is 0. The normalized spacial score (nSPS) is 11.3. The molecule has 0 saturated carbocycles. The summed E-state index contributed by atoms with van der Waals surface area (Å²) in [6.07, 6.45) is 2.70. The average molecular weight is 335 g/mol. The summed E-state index contributed by atoms with van der Waals surface area (Å²) in [6, 6.07) is 2.21. The summed E-state index contributed by atoms with van der Waals surface area (Å²) >= 11 is 11.8. The van der Waals surface area contributed by atoms with E-state index < -0.39 is 15.9 Å². The molecule has 0 atom stereocenters. The van der Waals surface area contributed by atoms with Crippen molar-refractivity contribution in [3.63, 3.8) is 0 Å². The molecule has 1 amide bonds. The van der Waals surface area contributed by atoms with Gasteiger partial charge in [0, 0.05) is 6.20 Å². The minimum Gasteiger partial charge on any atom is -0.319 e. The molecular formula is C10H8Cl2N4O3S. The molecule has 4 N–H and O–H groups in total. The third kappa shape index (κ3) is 3.10. The fourth-order valence-corrected chi connectivity index (χ4v) is 2.67.